The van der Waals surface area contributed by atoms with Crippen molar-refractivity contribution in [2.24, 2.45) is 0 Å². The van der Waals surface area contributed by atoms with E-state index in [9.17, 15) is 18.5 Å². The highest BCUT2D eigenvalue weighted by molar-refractivity contribution is 8.00. The van der Waals surface area contributed by atoms with Gasteiger partial charge in [-0.25, -0.2) is 18.4 Å². The average molecular weight is 442 g/mol. The van der Waals surface area contributed by atoms with Crippen LogP contribution in [0.25, 0.3) is 11.0 Å². The molecule has 3 aromatic rings. The lowest BCUT2D eigenvalue weighted by Gasteiger charge is -2.15. The van der Waals surface area contributed by atoms with Gasteiger partial charge in [0.25, 0.3) is 0 Å². The molecule has 0 N–H and O–H groups in total. The molecule has 0 aliphatic rings. The Kier molecular flexibility index (Phi) is 6.70. The second-order valence-electron chi connectivity index (χ2n) is 6.36. The average Bonchev–Trinajstić information content (AvgIpc) is 2.73. The van der Waals surface area contributed by atoms with Gasteiger partial charge in [-0.2, -0.15) is 5.26 Å². The molecule has 0 radical (unpaired) electrons. The number of esters is 1. The number of para-hydroxylation sites is 2. The van der Waals surface area contributed by atoms with Crippen molar-refractivity contribution in [3.05, 3.63) is 59.8 Å². The first-order valence-corrected chi connectivity index (χ1v) is 11.6. The number of aryl methyl sites for hydroxylation is 1. The van der Waals surface area contributed by atoms with Crippen LogP contribution in [-0.2, 0) is 19.4 Å². The lowest BCUT2D eigenvalue weighted by molar-refractivity contribution is -0.139. The maximum atomic E-state index is 13.2. The molecule has 30 heavy (non-hydrogen) atoms. The molecule has 0 amide bonds. The smallest absolute Gasteiger partial charge is 0.316 e. The van der Waals surface area contributed by atoms with E-state index in [0.717, 1.165) is 17.3 Å². The van der Waals surface area contributed by atoms with E-state index in [-0.39, 0.29) is 28.0 Å². The maximum Gasteiger partial charge on any atom is 0.316 e. The Morgan fingerprint density at radius 3 is 2.37 bits per heavy atom. The van der Waals surface area contributed by atoms with Crippen LogP contribution in [0.3, 0.4) is 0 Å². The van der Waals surface area contributed by atoms with Crippen LogP contribution >= 0.6 is 11.8 Å². The number of benzene rings is 2. The molecule has 0 unspecified atom stereocenters. The van der Waals surface area contributed by atoms with Gasteiger partial charge in [0.15, 0.2) is 15.1 Å². The van der Waals surface area contributed by atoms with Crippen molar-refractivity contribution < 1.29 is 17.9 Å². The topological polar surface area (TPSA) is 110 Å². The first kappa shape index (κ1) is 21.7. The van der Waals surface area contributed by atoms with E-state index in [1.807, 2.05) is 13.0 Å². The summed E-state index contributed by atoms with van der Waals surface area (Å²) in [5.74, 6) is -0.533. The van der Waals surface area contributed by atoms with Gasteiger partial charge in [0.1, 0.15) is 10.7 Å². The number of hydrogen-bond donors (Lipinski definition) is 0. The summed E-state index contributed by atoms with van der Waals surface area (Å²) in [6.45, 7) is 3.78. The number of rotatable bonds is 7. The largest absolute Gasteiger partial charge is 0.465 e. The zero-order valence-corrected chi connectivity index (χ0v) is 18.0. The van der Waals surface area contributed by atoms with E-state index in [4.69, 9.17) is 4.74 Å². The molecule has 0 spiro atoms. The molecule has 2 aromatic carbocycles. The van der Waals surface area contributed by atoms with Crippen LogP contribution in [0.5, 0.6) is 0 Å². The summed E-state index contributed by atoms with van der Waals surface area (Å²) in [5, 5.41) is 8.44. The molecule has 0 saturated carbocycles. The summed E-state index contributed by atoms with van der Waals surface area (Å²) in [4.78, 5) is 20.7. The predicted octanol–water partition coefficient (Wildman–Crippen LogP) is 3.63. The first-order chi connectivity index (χ1) is 14.4. The highest BCUT2D eigenvalue weighted by Gasteiger charge is 2.33. The van der Waals surface area contributed by atoms with Gasteiger partial charge in [-0.05, 0) is 38.1 Å². The third kappa shape index (κ3) is 4.61. The molecule has 0 aliphatic heterocycles. The van der Waals surface area contributed by atoms with Crippen LogP contribution < -0.4 is 0 Å². The molecule has 1 heterocycles. The fraction of sp³-hybridized carbons (Fsp3) is 0.238. The zero-order valence-electron chi connectivity index (χ0n) is 16.4. The van der Waals surface area contributed by atoms with Crippen LogP contribution in [0.1, 0.15) is 23.4 Å². The minimum absolute atomic E-state index is 0.00562. The minimum Gasteiger partial charge on any atom is -0.465 e. The lowest BCUT2D eigenvalue weighted by Crippen LogP contribution is -2.16. The van der Waals surface area contributed by atoms with Gasteiger partial charge in [0, 0.05) is 0 Å². The monoisotopic (exact) mass is 441 g/mol. The van der Waals surface area contributed by atoms with E-state index in [0.29, 0.717) is 11.0 Å². The molecular weight excluding hydrogens is 422 g/mol. The number of hydrogen-bond acceptors (Lipinski definition) is 8. The van der Waals surface area contributed by atoms with Gasteiger partial charge < -0.3 is 4.74 Å². The quantitative estimate of drug-likeness (QED) is 0.404. The summed E-state index contributed by atoms with van der Waals surface area (Å²) in [6, 6.07) is 15.1. The number of fused-ring (bicyclic) bond motifs is 1. The first-order valence-electron chi connectivity index (χ1n) is 9.12. The SMILES string of the molecule is CCOC(=O)CSc1nc2ccccc2nc1[C@H](C#N)S(=O)(=O)c1ccc(C)cc1. The molecule has 0 aliphatic carbocycles. The Balaban J connectivity index is 2.10. The van der Waals surface area contributed by atoms with Crippen molar-refractivity contribution in [1.29, 1.82) is 5.26 Å². The lowest BCUT2D eigenvalue weighted by atomic mass is 10.2. The number of nitrogens with zero attached hydrogens (tertiary/aromatic N) is 3. The number of carbonyl (C=O) groups is 1. The van der Waals surface area contributed by atoms with Gasteiger partial charge in [0.2, 0.25) is 0 Å². The van der Waals surface area contributed by atoms with Crippen LogP contribution in [0.4, 0.5) is 0 Å². The van der Waals surface area contributed by atoms with Crippen molar-refractivity contribution in [3.8, 4) is 6.07 Å². The Hall–Kier alpha value is -2.96. The number of nitriles is 1. The van der Waals surface area contributed by atoms with Crippen LogP contribution in [-0.4, -0.2) is 36.7 Å². The summed E-state index contributed by atoms with van der Waals surface area (Å²) in [7, 11) is -4.05. The normalized spacial score (nSPS) is 12.3. The summed E-state index contributed by atoms with van der Waals surface area (Å²) < 4.78 is 31.4. The van der Waals surface area contributed by atoms with Gasteiger partial charge in [0.05, 0.1) is 34.4 Å². The zero-order chi connectivity index (χ0) is 21.7. The molecule has 154 valence electrons. The Bertz CT molecular complexity index is 1220. The molecule has 0 saturated heterocycles. The third-order valence-electron chi connectivity index (χ3n) is 4.22. The Morgan fingerprint density at radius 1 is 1.13 bits per heavy atom. The van der Waals surface area contributed by atoms with Gasteiger partial charge in [-0.3, -0.25) is 4.79 Å². The second-order valence-corrected chi connectivity index (χ2v) is 9.36. The van der Waals surface area contributed by atoms with E-state index in [2.05, 4.69) is 9.97 Å². The van der Waals surface area contributed by atoms with Gasteiger partial charge in [-0.1, -0.05) is 41.6 Å². The molecule has 3 rings (SSSR count). The van der Waals surface area contributed by atoms with Crippen molar-refractivity contribution in [2.75, 3.05) is 12.4 Å². The van der Waals surface area contributed by atoms with Crippen molar-refractivity contribution in [3.63, 3.8) is 0 Å². The summed E-state index contributed by atoms with van der Waals surface area (Å²) in [5.41, 5.74) is 1.91. The predicted molar refractivity (Wildman–Crippen MR) is 114 cm³/mol. The molecule has 7 nitrogen and oxygen atoms in total. The number of carbonyl (C=O) groups excluding carboxylic acids is 1. The van der Waals surface area contributed by atoms with E-state index >= 15 is 0 Å². The maximum absolute atomic E-state index is 13.2. The summed E-state index contributed by atoms with van der Waals surface area (Å²) >= 11 is 1.00. The molecule has 9 heteroatoms. The molecule has 0 bridgehead atoms. The highest BCUT2D eigenvalue weighted by Crippen LogP contribution is 2.34. The van der Waals surface area contributed by atoms with E-state index < -0.39 is 21.1 Å². The van der Waals surface area contributed by atoms with Crippen LogP contribution in [0, 0.1) is 18.3 Å². The van der Waals surface area contributed by atoms with Crippen molar-refractivity contribution >= 4 is 38.6 Å². The fourth-order valence-electron chi connectivity index (χ4n) is 2.75. The number of aromatic nitrogens is 2. The molecule has 1 atom stereocenters. The minimum atomic E-state index is -4.05. The third-order valence-corrected chi connectivity index (χ3v) is 7.05. The molecular formula is C21H19N3O4S2. The number of sulfone groups is 1. The van der Waals surface area contributed by atoms with Crippen LogP contribution in [0.2, 0.25) is 0 Å². The van der Waals surface area contributed by atoms with E-state index in [1.54, 1.807) is 43.3 Å². The van der Waals surface area contributed by atoms with Crippen LogP contribution in [0.15, 0.2) is 58.5 Å². The molecule has 0 fully saturated rings. The summed E-state index contributed by atoms with van der Waals surface area (Å²) in [6.07, 6.45) is 0. The Morgan fingerprint density at radius 2 is 1.77 bits per heavy atom. The van der Waals surface area contributed by atoms with Crippen molar-refractivity contribution in [1.82, 2.24) is 9.97 Å². The van der Waals surface area contributed by atoms with Gasteiger partial charge in [-0.15, -0.1) is 0 Å². The molecule has 1 aromatic heterocycles. The highest BCUT2D eigenvalue weighted by atomic mass is 32.2. The number of thioether (sulfide) groups is 1. The Labute approximate surface area is 179 Å². The second kappa shape index (κ2) is 9.24. The standard InChI is InChI=1S/C21H19N3O4S2/c1-3-28-19(25)13-29-21-20(23-16-6-4-5-7-17(16)24-21)18(12-22)30(26,27)15-10-8-14(2)9-11-15/h4-11,18H,3,13H2,1-2H3/t18-/m0/s1. The van der Waals surface area contributed by atoms with Gasteiger partial charge >= 0.3 is 5.97 Å². The number of ether oxygens (including phenoxy) is 1. The fourth-order valence-corrected chi connectivity index (χ4v) is 5.02. The van der Waals surface area contributed by atoms with E-state index in [1.165, 1.54) is 12.1 Å². The van der Waals surface area contributed by atoms with Crippen molar-refractivity contribution in [2.45, 2.75) is 29.0 Å².